The molecule has 0 radical (unpaired) electrons. The van der Waals surface area contributed by atoms with E-state index < -0.39 is 5.92 Å². The normalized spacial score (nSPS) is 16.8. The van der Waals surface area contributed by atoms with Crippen LogP contribution >= 0.6 is 0 Å². The fourth-order valence-corrected chi connectivity index (χ4v) is 3.39. The third kappa shape index (κ3) is 2.99. The van der Waals surface area contributed by atoms with Crippen molar-refractivity contribution in [2.75, 3.05) is 16.8 Å². The number of carbonyl (C=O) groups excluding carboxylic acids is 2. The summed E-state index contributed by atoms with van der Waals surface area (Å²) in [6.45, 7) is 0.345. The van der Waals surface area contributed by atoms with Crippen molar-refractivity contribution in [3.8, 4) is 5.75 Å². The molecule has 2 N–H and O–H groups in total. The van der Waals surface area contributed by atoms with E-state index in [0.29, 0.717) is 12.2 Å². The molecule has 1 aliphatic heterocycles. The minimum Gasteiger partial charge on any atom is -0.508 e. The number of benzene rings is 3. The number of rotatable bonds is 3. The molecule has 4 rings (SSSR count). The fourth-order valence-electron chi connectivity index (χ4n) is 3.39. The molecule has 1 heterocycles. The molecule has 2 amide bonds. The minimum atomic E-state index is -0.427. The van der Waals surface area contributed by atoms with Crippen LogP contribution in [0.4, 0.5) is 11.4 Å². The number of aromatic hydroxyl groups is 1. The lowest BCUT2D eigenvalue weighted by molar-refractivity contribution is -0.122. The van der Waals surface area contributed by atoms with E-state index in [-0.39, 0.29) is 24.0 Å². The average Bonchev–Trinajstić information content (AvgIpc) is 3.03. The number of hydrogen-bond donors (Lipinski definition) is 2. The molecule has 0 aromatic heterocycles. The third-order valence-corrected chi connectivity index (χ3v) is 4.67. The highest BCUT2D eigenvalue weighted by atomic mass is 16.3. The molecule has 1 atom stereocenters. The van der Waals surface area contributed by atoms with Gasteiger partial charge in [-0.2, -0.15) is 0 Å². The number of phenols is 1. The predicted octanol–water partition coefficient (Wildman–Crippen LogP) is 3.54. The van der Waals surface area contributed by atoms with Gasteiger partial charge in [0.05, 0.1) is 11.6 Å². The first-order chi connectivity index (χ1) is 12.6. The van der Waals surface area contributed by atoms with Gasteiger partial charge in [0.25, 0.3) is 0 Å². The minimum absolute atomic E-state index is 0.0580. The summed E-state index contributed by atoms with van der Waals surface area (Å²) in [5.74, 6) is -0.615. The summed E-state index contributed by atoms with van der Waals surface area (Å²) in [4.78, 5) is 26.8. The van der Waals surface area contributed by atoms with Crippen LogP contribution in [0.5, 0.6) is 5.75 Å². The monoisotopic (exact) mass is 346 g/mol. The fraction of sp³-hybridized carbons (Fsp3) is 0.143. The third-order valence-electron chi connectivity index (χ3n) is 4.67. The lowest BCUT2D eigenvalue weighted by Gasteiger charge is -2.19. The summed E-state index contributed by atoms with van der Waals surface area (Å²) in [7, 11) is 0. The Bertz CT molecular complexity index is 994. The van der Waals surface area contributed by atoms with Crippen molar-refractivity contribution in [3.05, 3.63) is 66.7 Å². The van der Waals surface area contributed by atoms with Gasteiger partial charge in [0.2, 0.25) is 11.8 Å². The molecule has 5 nitrogen and oxygen atoms in total. The first kappa shape index (κ1) is 16.1. The smallest absolute Gasteiger partial charge is 0.229 e. The number of fused-ring (bicyclic) bond motifs is 1. The van der Waals surface area contributed by atoms with Crippen LogP contribution in [-0.2, 0) is 9.59 Å². The van der Waals surface area contributed by atoms with E-state index >= 15 is 0 Å². The van der Waals surface area contributed by atoms with Gasteiger partial charge in [0.15, 0.2) is 0 Å². The Kier molecular flexibility index (Phi) is 4.05. The van der Waals surface area contributed by atoms with E-state index in [9.17, 15) is 14.7 Å². The van der Waals surface area contributed by atoms with Crippen LogP contribution in [0.1, 0.15) is 6.42 Å². The maximum absolute atomic E-state index is 12.5. The molecular formula is C21H18N2O3. The Morgan fingerprint density at radius 1 is 1.04 bits per heavy atom. The van der Waals surface area contributed by atoms with Gasteiger partial charge in [-0.25, -0.2) is 0 Å². The molecule has 3 aromatic carbocycles. The number of amides is 2. The summed E-state index contributed by atoms with van der Waals surface area (Å²) in [5.41, 5.74) is 1.35. The summed E-state index contributed by atoms with van der Waals surface area (Å²) >= 11 is 0. The van der Waals surface area contributed by atoms with E-state index in [2.05, 4.69) is 5.32 Å². The lowest BCUT2D eigenvalue weighted by Crippen LogP contribution is -2.28. The van der Waals surface area contributed by atoms with E-state index in [0.717, 1.165) is 16.5 Å². The van der Waals surface area contributed by atoms with Crippen molar-refractivity contribution in [2.45, 2.75) is 6.42 Å². The van der Waals surface area contributed by atoms with Gasteiger partial charge < -0.3 is 15.3 Å². The number of anilines is 2. The van der Waals surface area contributed by atoms with E-state index in [4.69, 9.17) is 0 Å². The molecule has 0 bridgehead atoms. The quantitative estimate of drug-likeness (QED) is 0.762. The van der Waals surface area contributed by atoms with Crippen LogP contribution in [0, 0.1) is 5.92 Å². The largest absolute Gasteiger partial charge is 0.508 e. The summed E-state index contributed by atoms with van der Waals surface area (Å²) in [6, 6.07) is 20.1. The standard InChI is InChI=1S/C21H18N2O3/c24-17-8-4-7-16(12-17)22-21(26)15-11-20(25)23(13-15)19-10-3-6-14-5-1-2-9-18(14)19/h1-10,12,15,24H,11,13H2,(H,22,26). The van der Waals surface area contributed by atoms with E-state index in [1.807, 2.05) is 42.5 Å². The number of carbonyl (C=O) groups is 2. The summed E-state index contributed by atoms with van der Waals surface area (Å²) in [6.07, 6.45) is 0.174. The van der Waals surface area contributed by atoms with Gasteiger partial charge in [0.1, 0.15) is 5.75 Å². The number of phenolic OH excluding ortho intramolecular Hbond substituents is 1. The second-order valence-corrected chi connectivity index (χ2v) is 6.44. The van der Waals surface area contributed by atoms with Crippen molar-refractivity contribution in [3.63, 3.8) is 0 Å². The SMILES string of the molecule is O=C(Nc1cccc(O)c1)C1CC(=O)N(c2cccc3ccccc23)C1. The molecular weight excluding hydrogens is 328 g/mol. The Morgan fingerprint density at radius 2 is 1.81 bits per heavy atom. The van der Waals surface area contributed by atoms with Gasteiger partial charge in [-0.15, -0.1) is 0 Å². The van der Waals surface area contributed by atoms with Gasteiger partial charge in [-0.1, -0.05) is 42.5 Å². The zero-order chi connectivity index (χ0) is 18.1. The highest BCUT2D eigenvalue weighted by Crippen LogP contribution is 2.32. The number of hydrogen-bond acceptors (Lipinski definition) is 3. The van der Waals surface area contributed by atoms with Crippen LogP contribution in [-0.4, -0.2) is 23.5 Å². The van der Waals surface area contributed by atoms with Crippen LogP contribution in [0.15, 0.2) is 66.7 Å². The van der Waals surface area contributed by atoms with Gasteiger partial charge in [-0.05, 0) is 23.6 Å². The maximum Gasteiger partial charge on any atom is 0.229 e. The molecule has 1 unspecified atom stereocenters. The van der Waals surface area contributed by atoms with Crippen molar-refractivity contribution in [1.82, 2.24) is 0 Å². The molecule has 5 heteroatoms. The molecule has 1 fully saturated rings. The molecule has 0 aliphatic carbocycles. The lowest BCUT2D eigenvalue weighted by atomic mass is 10.1. The molecule has 0 spiro atoms. The van der Waals surface area contributed by atoms with E-state index in [1.165, 1.54) is 12.1 Å². The van der Waals surface area contributed by atoms with Gasteiger partial charge in [0, 0.05) is 30.1 Å². The predicted molar refractivity (Wildman–Crippen MR) is 101 cm³/mol. The second-order valence-electron chi connectivity index (χ2n) is 6.44. The maximum atomic E-state index is 12.5. The first-order valence-corrected chi connectivity index (χ1v) is 8.50. The number of nitrogens with zero attached hydrogens (tertiary/aromatic N) is 1. The van der Waals surface area contributed by atoms with Gasteiger partial charge >= 0.3 is 0 Å². The molecule has 0 saturated carbocycles. The summed E-state index contributed by atoms with van der Waals surface area (Å²) < 4.78 is 0. The highest BCUT2D eigenvalue weighted by molar-refractivity contribution is 6.08. The topological polar surface area (TPSA) is 69.6 Å². The number of nitrogens with one attached hydrogen (secondary N) is 1. The van der Waals surface area contributed by atoms with Crippen molar-refractivity contribution >= 4 is 34.0 Å². The summed E-state index contributed by atoms with van der Waals surface area (Å²) in [5, 5.41) is 14.3. The van der Waals surface area contributed by atoms with Crippen molar-refractivity contribution in [1.29, 1.82) is 0 Å². The molecule has 3 aromatic rings. The Labute approximate surface area is 150 Å². The Hall–Kier alpha value is -3.34. The zero-order valence-electron chi connectivity index (χ0n) is 14.1. The second kappa shape index (κ2) is 6.52. The van der Waals surface area contributed by atoms with Crippen molar-refractivity contribution < 1.29 is 14.7 Å². The molecule has 26 heavy (non-hydrogen) atoms. The van der Waals surface area contributed by atoms with Crippen molar-refractivity contribution in [2.24, 2.45) is 5.92 Å². The van der Waals surface area contributed by atoms with E-state index in [1.54, 1.807) is 17.0 Å². The van der Waals surface area contributed by atoms with Crippen LogP contribution in [0.2, 0.25) is 0 Å². The Morgan fingerprint density at radius 3 is 2.65 bits per heavy atom. The van der Waals surface area contributed by atoms with Crippen LogP contribution in [0.3, 0.4) is 0 Å². The van der Waals surface area contributed by atoms with Gasteiger partial charge in [-0.3, -0.25) is 9.59 Å². The van der Waals surface area contributed by atoms with Crippen LogP contribution < -0.4 is 10.2 Å². The van der Waals surface area contributed by atoms with Crippen LogP contribution in [0.25, 0.3) is 10.8 Å². The molecule has 1 aliphatic rings. The average molecular weight is 346 g/mol. The zero-order valence-corrected chi connectivity index (χ0v) is 14.1. The molecule has 1 saturated heterocycles. The highest BCUT2D eigenvalue weighted by Gasteiger charge is 2.35. The Balaban J connectivity index is 1.56. The first-order valence-electron chi connectivity index (χ1n) is 8.50. The molecule has 130 valence electrons.